The van der Waals surface area contributed by atoms with Gasteiger partial charge in [0.25, 0.3) is 0 Å². The normalized spacial score (nSPS) is 10.3. The van der Waals surface area contributed by atoms with Crippen LogP contribution in [-0.2, 0) is 0 Å². The maximum Gasteiger partial charge on any atom is 0.122 e. The molecule has 0 aliphatic heterocycles. The number of hydrogen-bond donors (Lipinski definition) is 1. The van der Waals surface area contributed by atoms with Crippen molar-refractivity contribution in [2.75, 3.05) is 6.61 Å². The number of nitriles is 2. The molecule has 2 aromatic rings. The summed E-state index contributed by atoms with van der Waals surface area (Å²) in [4.78, 5) is 2.89. The van der Waals surface area contributed by atoms with Crippen molar-refractivity contribution in [1.29, 1.82) is 10.5 Å². The Morgan fingerprint density at radius 3 is 2.43 bits per heavy atom. The zero-order valence-electron chi connectivity index (χ0n) is 12.3. The summed E-state index contributed by atoms with van der Waals surface area (Å²) >= 11 is 7.22. The molecule has 0 saturated carbocycles. The van der Waals surface area contributed by atoms with E-state index in [1.807, 2.05) is 65.9 Å². The van der Waals surface area contributed by atoms with Crippen LogP contribution < -0.4 is 4.74 Å². The number of aromatic amines is 1. The Morgan fingerprint density at radius 1 is 1.22 bits per heavy atom. The van der Waals surface area contributed by atoms with Crippen LogP contribution in [0.4, 0.5) is 0 Å². The lowest BCUT2D eigenvalue weighted by Gasteiger charge is -2.10. The predicted molar refractivity (Wildman–Crippen MR) is 99.5 cm³/mol. The molecular formula is C17H12IN3OS. The van der Waals surface area contributed by atoms with Crippen molar-refractivity contribution in [2.45, 2.75) is 6.92 Å². The first-order valence-corrected chi connectivity index (χ1v) is 8.21. The summed E-state index contributed by atoms with van der Waals surface area (Å²) in [7, 11) is 0. The van der Waals surface area contributed by atoms with Crippen LogP contribution in [0, 0.1) is 31.0 Å². The Hall–Kier alpha value is -2.16. The monoisotopic (exact) mass is 433 g/mol. The van der Waals surface area contributed by atoms with Crippen LogP contribution >= 0.6 is 34.8 Å². The summed E-state index contributed by atoms with van der Waals surface area (Å²) in [5.74, 6) is 0.722. The van der Waals surface area contributed by atoms with Gasteiger partial charge in [0.1, 0.15) is 29.1 Å². The molecule has 1 N–H and O–H groups in total. The van der Waals surface area contributed by atoms with Gasteiger partial charge in [-0.05, 0) is 47.2 Å². The van der Waals surface area contributed by atoms with Crippen molar-refractivity contribution >= 4 is 34.8 Å². The van der Waals surface area contributed by atoms with Crippen molar-refractivity contribution in [2.24, 2.45) is 0 Å². The minimum atomic E-state index is 0.305. The van der Waals surface area contributed by atoms with Crippen LogP contribution in [0.5, 0.6) is 5.75 Å². The molecule has 23 heavy (non-hydrogen) atoms. The number of pyridine rings is 1. The van der Waals surface area contributed by atoms with Crippen LogP contribution in [0.25, 0.3) is 11.1 Å². The van der Waals surface area contributed by atoms with Crippen molar-refractivity contribution < 1.29 is 4.74 Å². The molecule has 4 nitrogen and oxygen atoms in total. The Morgan fingerprint density at radius 2 is 1.87 bits per heavy atom. The summed E-state index contributed by atoms with van der Waals surface area (Å²) in [6.07, 6.45) is 3.83. The largest absolute Gasteiger partial charge is 0.490 e. The molecule has 2 rings (SSSR count). The van der Waals surface area contributed by atoms with Crippen LogP contribution in [0.15, 0.2) is 36.4 Å². The highest BCUT2D eigenvalue weighted by atomic mass is 127. The summed E-state index contributed by atoms with van der Waals surface area (Å²) < 4.78 is 6.51. The van der Waals surface area contributed by atoms with E-state index in [0.29, 0.717) is 31.6 Å². The summed E-state index contributed by atoms with van der Waals surface area (Å²) in [6.45, 7) is 2.43. The number of rotatable bonds is 4. The van der Waals surface area contributed by atoms with E-state index in [0.717, 1.165) is 11.3 Å². The van der Waals surface area contributed by atoms with Gasteiger partial charge in [0, 0.05) is 5.56 Å². The topological polar surface area (TPSA) is 72.6 Å². The molecule has 0 spiro atoms. The quantitative estimate of drug-likeness (QED) is 0.328. The number of ether oxygens (including phenoxy) is 1. The summed E-state index contributed by atoms with van der Waals surface area (Å²) in [6, 6.07) is 11.5. The average molecular weight is 433 g/mol. The first-order chi connectivity index (χ1) is 11.1. The fourth-order valence-corrected chi connectivity index (χ4v) is 3.12. The molecule has 0 saturated heterocycles. The molecule has 0 unspecified atom stereocenters. The van der Waals surface area contributed by atoms with E-state index >= 15 is 0 Å². The Bertz CT molecular complexity index is 886. The first kappa shape index (κ1) is 17.2. The van der Waals surface area contributed by atoms with Crippen LogP contribution in [0.3, 0.4) is 0 Å². The highest BCUT2D eigenvalue weighted by Crippen LogP contribution is 2.31. The van der Waals surface area contributed by atoms with Crippen LogP contribution in [0.1, 0.15) is 18.1 Å². The van der Waals surface area contributed by atoms with E-state index in [1.54, 1.807) is 0 Å². The smallest absolute Gasteiger partial charge is 0.122 e. The molecule has 1 aromatic heterocycles. The molecular weight excluding hydrogens is 421 g/mol. The molecule has 0 radical (unpaired) electrons. The summed E-state index contributed by atoms with van der Waals surface area (Å²) in [5.41, 5.74) is 2.04. The van der Waals surface area contributed by atoms with E-state index in [2.05, 4.69) is 17.1 Å². The molecule has 0 atom stereocenters. The zero-order valence-corrected chi connectivity index (χ0v) is 15.2. The van der Waals surface area contributed by atoms with Crippen LogP contribution in [0.2, 0.25) is 0 Å². The lowest BCUT2D eigenvalue weighted by atomic mass is 9.98. The van der Waals surface area contributed by atoms with E-state index in [-0.39, 0.29) is 0 Å². The number of aromatic nitrogens is 1. The van der Waals surface area contributed by atoms with Gasteiger partial charge in [0.2, 0.25) is 0 Å². The maximum absolute atomic E-state index is 9.42. The minimum absolute atomic E-state index is 0.305. The fraction of sp³-hybridized carbons (Fsp3) is 0.118. The fourth-order valence-electron chi connectivity index (χ4n) is 2.03. The van der Waals surface area contributed by atoms with E-state index in [4.69, 9.17) is 17.0 Å². The van der Waals surface area contributed by atoms with Gasteiger partial charge >= 0.3 is 0 Å². The number of H-pyrrole nitrogens is 1. The molecule has 0 aliphatic carbocycles. The highest BCUT2D eigenvalue weighted by Gasteiger charge is 2.16. The Kier molecular flexibility index (Phi) is 5.91. The van der Waals surface area contributed by atoms with E-state index in [9.17, 15) is 10.5 Å². The number of hydrogen-bond acceptors (Lipinski definition) is 4. The standard InChI is InChI=1S/C17H12IN3OS/c1-2-3-8-22-12-6-4-11(5-7-12)15-13(9-19)16(18)21-17(23)14(15)10-20/h2-7H,8H2,1H3,(H,21,23)/b3-2-. The second kappa shape index (κ2) is 7.91. The van der Waals surface area contributed by atoms with Gasteiger partial charge in [-0.3, -0.25) is 0 Å². The van der Waals surface area contributed by atoms with Gasteiger partial charge < -0.3 is 9.72 Å². The molecule has 0 amide bonds. The van der Waals surface area contributed by atoms with Gasteiger partial charge in [0.05, 0.1) is 14.8 Å². The SMILES string of the molecule is C/C=C\COc1ccc(-c2c(C#N)c(I)[nH]c(=S)c2C#N)cc1. The molecule has 0 aliphatic rings. The maximum atomic E-state index is 9.42. The number of nitrogens with one attached hydrogen (secondary N) is 1. The van der Waals surface area contributed by atoms with Crippen LogP contribution in [-0.4, -0.2) is 11.6 Å². The Balaban J connectivity index is 2.52. The van der Waals surface area contributed by atoms with Crippen molar-refractivity contribution in [3.8, 4) is 29.0 Å². The third-order valence-corrected chi connectivity index (χ3v) is 4.23. The lowest BCUT2D eigenvalue weighted by molar-refractivity contribution is 0.363. The third-order valence-electron chi connectivity index (χ3n) is 3.12. The molecule has 1 aromatic carbocycles. The van der Waals surface area contributed by atoms with Gasteiger partial charge in [0.15, 0.2) is 0 Å². The van der Waals surface area contributed by atoms with Crippen molar-refractivity contribution in [3.05, 3.63) is 55.9 Å². The van der Waals surface area contributed by atoms with E-state index < -0.39 is 0 Å². The first-order valence-electron chi connectivity index (χ1n) is 6.72. The number of allylic oxidation sites excluding steroid dienone is 1. The number of halogens is 1. The predicted octanol–water partition coefficient (Wildman–Crippen LogP) is 4.71. The van der Waals surface area contributed by atoms with E-state index in [1.165, 1.54) is 0 Å². The van der Waals surface area contributed by atoms with Gasteiger partial charge in [-0.2, -0.15) is 10.5 Å². The van der Waals surface area contributed by atoms with Crippen molar-refractivity contribution in [3.63, 3.8) is 0 Å². The zero-order chi connectivity index (χ0) is 16.8. The number of benzene rings is 1. The van der Waals surface area contributed by atoms with Gasteiger partial charge in [-0.1, -0.05) is 36.5 Å². The Labute approximate surface area is 153 Å². The second-order valence-corrected chi connectivity index (χ2v) is 6.01. The molecule has 0 bridgehead atoms. The second-order valence-electron chi connectivity index (χ2n) is 4.52. The molecule has 6 heteroatoms. The third kappa shape index (κ3) is 3.79. The van der Waals surface area contributed by atoms with Crippen molar-refractivity contribution in [1.82, 2.24) is 4.98 Å². The lowest BCUT2D eigenvalue weighted by Crippen LogP contribution is -1.99. The van der Waals surface area contributed by atoms with Gasteiger partial charge in [-0.15, -0.1) is 0 Å². The molecule has 1 heterocycles. The molecule has 0 fully saturated rings. The summed E-state index contributed by atoms with van der Waals surface area (Å²) in [5, 5.41) is 18.8. The molecule has 114 valence electrons. The minimum Gasteiger partial charge on any atom is -0.490 e. The highest BCUT2D eigenvalue weighted by molar-refractivity contribution is 14.1. The van der Waals surface area contributed by atoms with Gasteiger partial charge in [-0.25, -0.2) is 0 Å². The number of nitrogens with zero attached hydrogens (tertiary/aromatic N) is 2. The average Bonchev–Trinajstić information content (AvgIpc) is 2.55.